The van der Waals surface area contributed by atoms with Crippen molar-refractivity contribution in [2.24, 2.45) is 5.73 Å². The van der Waals surface area contributed by atoms with Crippen LogP contribution in [0.4, 0.5) is 0 Å². The fraction of sp³-hybridized carbons (Fsp3) is 0.130. The maximum absolute atomic E-state index is 13.0. The summed E-state index contributed by atoms with van der Waals surface area (Å²) < 4.78 is 3.29. The van der Waals surface area contributed by atoms with E-state index in [4.69, 9.17) is 17.3 Å². The lowest BCUT2D eigenvalue weighted by molar-refractivity contribution is -0.117. The minimum Gasteiger partial charge on any atom is -0.370 e. The molecule has 36 heavy (non-hydrogen) atoms. The molecule has 0 bridgehead atoms. The number of hydrogen-bond donors (Lipinski definition) is 3. The normalized spacial score (nSPS) is 10.7. The summed E-state index contributed by atoms with van der Waals surface area (Å²) in [4.78, 5) is 49.1. The molecule has 0 fully saturated rings. The minimum atomic E-state index is -0.548. The van der Waals surface area contributed by atoms with E-state index in [2.05, 4.69) is 20.9 Å². The summed E-state index contributed by atoms with van der Waals surface area (Å²) in [5.41, 5.74) is 6.39. The summed E-state index contributed by atoms with van der Waals surface area (Å²) in [6, 6.07) is 12.8. The number of pyridine rings is 1. The highest BCUT2D eigenvalue weighted by Crippen LogP contribution is 2.21. The first-order valence-electron chi connectivity index (χ1n) is 10.7. The summed E-state index contributed by atoms with van der Waals surface area (Å²) in [6.07, 6.45) is 3.14. The number of carbonyl (C=O) groups is 3. The molecule has 1 aromatic carbocycles. The summed E-state index contributed by atoms with van der Waals surface area (Å²) in [6.45, 7) is 0.149. The average molecular weight is 526 g/mol. The Hall–Kier alpha value is -4.29. The van der Waals surface area contributed by atoms with E-state index in [1.54, 1.807) is 54.9 Å². The second-order valence-corrected chi connectivity index (χ2v) is 9.24. The van der Waals surface area contributed by atoms with Crippen LogP contribution >= 0.6 is 22.9 Å². The number of halogens is 1. The molecule has 0 aliphatic carbocycles. The highest BCUT2D eigenvalue weighted by Gasteiger charge is 2.17. The van der Waals surface area contributed by atoms with Crippen LogP contribution in [0.3, 0.4) is 0 Å². The van der Waals surface area contributed by atoms with Crippen LogP contribution in [0.5, 0.6) is 0 Å². The molecular weight excluding hydrogens is 506 g/mol. The molecule has 4 aromatic rings. The summed E-state index contributed by atoms with van der Waals surface area (Å²) >= 11 is 7.04. The minimum absolute atomic E-state index is 0.0263. The molecule has 13 heteroatoms. The highest BCUT2D eigenvalue weighted by atomic mass is 35.5. The van der Waals surface area contributed by atoms with Gasteiger partial charge in [0.25, 0.3) is 17.4 Å². The van der Waals surface area contributed by atoms with E-state index in [0.29, 0.717) is 26.3 Å². The van der Waals surface area contributed by atoms with Crippen molar-refractivity contribution in [1.82, 2.24) is 30.2 Å². The van der Waals surface area contributed by atoms with Gasteiger partial charge < -0.3 is 16.4 Å². The van der Waals surface area contributed by atoms with Crippen molar-refractivity contribution in [1.29, 1.82) is 0 Å². The first-order valence-corrected chi connectivity index (χ1v) is 11.8. The van der Waals surface area contributed by atoms with Crippen LogP contribution in [0, 0.1) is 0 Å². The number of benzene rings is 1. The zero-order valence-electron chi connectivity index (χ0n) is 18.7. The molecule has 0 saturated heterocycles. The Morgan fingerprint density at radius 2 is 1.89 bits per heavy atom. The third-order valence-corrected chi connectivity index (χ3v) is 6.23. The summed E-state index contributed by atoms with van der Waals surface area (Å²) in [5.74, 6) is -1.33. The predicted octanol–water partition coefficient (Wildman–Crippen LogP) is 1.67. The molecular formula is C23H20ClN7O4S. The van der Waals surface area contributed by atoms with E-state index < -0.39 is 11.8 Å². The van der Waals surface area contributed by atoms with Gasteiger partial charge in [0.2, 0.25) is 5.91 Å². The largest absolute Gasteiger partial charge is 0.370 e. The first-order chi connectivity index (χ1) is 17.3. The SMILES string of the molecule is NC(=O)CCNC(=O)c1cc(-n2ccccc2=O)ccc1-n1cc(CNC(=O)c2ccc(Cl)s2)nn1. The van der Waals surface area contributed by atoms with Crippen molar-refractivity contribution in [2.45, 2.75) is 13.0 Å². The Labute approximate surface area is 213 Å². The number of amides is 3. The summed E-state index contributed by atoms with van der Waals surface area (Å²) in [7, 11) is 0. The van der Waals surface area contributed by atoms with Crippen LogP contribution in [0.2, 0.25) is 4.34 Å². The van der Waals surface area contributed by atoms with Crippen LogP contribution in [0.25, 0.3) is 11.4 Å². The maximum Gasteiger partial charge on any atom is 0.261 e. The quantitative estimate of drug-likeness (QED) is 0.302. The van der Waals surface area contributed by atoms with Crippen LogP contribution in [0.1, 0.15) is 32.1 Å². The topological polar surface area (TPSA) is 154 Å². The molecule has 0 aliphatic heterocycles. The van der Waals surface area contributed by atoms with Gasteiger partial charge in [-0.25, -0.2) is 4.68 Å². The van der Waals surface area contributed by atoms with Gasteiger partial charge in [-0.15, -0.1) is 16.4 Å². The molecule has 4 N–H and O–H groups in total. The van der Waals surface area contributed by atoms with Crippen molar-refractivity contribution < 1.29 is 14.4 Å². The van der Waals surface area contributed by atoms with Gasteiger partial charge in [0.1, 0.15) is 5.69 Å². The molecule has 0 unspecified atom stereocenters. The van der Waals surface area contributed by atoms with Crippen molar-refractivity contribution in [3.63, 3.8) is 0 Å². The molecule has 0 radical (unpaired) electrons. The van der Waals surface area contributed by atoms with E-state index in [0.717, 1.165) is 11.3 Å². The average Bonchev–Trinajstić information content (AvgIpc) is 3.51. The van der Waals surface area contributed by atoms with E-state index in [-0.39, 0.29) is 36.5 Å². The first kappa shape index (κ1) is 24.8. The van der Waals surface area contributed by atoms with Gasteiger partial charge in [-0.2, -0.15) is 0 Å². The third kappa shape index (κ3) is 5.85. The Kier molecular flexibility index (Phi) is 7.56. The second kappa shape index (κ2) is 11.0. The van der Waals surface area contributed by atoms with Gasteiger partial charge in [0.05, 0.1) is 33.2 Å². The molecule has 3 amide bonds. The van der Waals surface area contributed by atoms with Crippen LogP contribution < -0.4 is 21.9 Å². The lowest BCUT2D eigenvalue weighted by Crippen LogP contribution is -2.29. The van der Waals surface area contributed by atoms with Crippen molar-refractivity contribution >= 4 is 40.7 Å². The molecule has 11 nitrogen and oxygen atoms in total. The van der Waals surface area contributed by atoms with E-state index in [9.17, 15) is 19.2 Å². The van der Waals surface area contributed by atoms with Gasteiger partial charge in [-0.1, -0.05) is 22.9 Å². The second-order valence-electron chi connectivity index (χ2n) is 7.52. The van der Waals surface area contributed by atoms with Gasteiger partial charge in [-0.3, -0.25) is 23.7 Å². The lowest BCUT2D eigenvalue weighted by Gasteiger charge is -2.13. The van der Waals surface area contributed by atoms with E-state index in [1.807, 2.05) is 0 Å². The van der Waals surface area contributed by atoms with Crippen LogP contribution in [-0.2, 0) is 11.3 Å². The molecule has 0 atom stereocenters. The number of nitrogens with one attached hydrogen (secondary N) is 2. The van der Waals surface area contributed by atoms with E-state index >= 15 is 0 Å². The van der Waals surface area contributed by atoms with Crippen molar-refractivity contribution in [2.75, 3.05) is 6.54 Å². The number of carbonyl (C=O) groups excluding carboxylic acids is 3. The Bertz CT molecular complexity index is 1490. The number of rotatable bonds is 9. The monoisotopic (exact) mass is 525 g/mol. The Morgan fingerprint density at radius 1 is 1.06 bits per heavy atom. The van der Waals surface area contributed by atoms with Gasteiger partial charge in [0.15, 0.2) is 0 Å². The maximum atomic E-state index is 13.0. The molecule has 4 rings (SSSR count). The number of thiophene rings is 1. The fourth-order valence-electron chi connectivity index (χ4n) is 3.28. The Morgan fingerprint density at radius 3 is 2.61 bits per heavy atom. The zero-order valence-corrected chi connectivity index (χ0v) is 20.3. The van der Waals surface area contributed by atoms with E-state index in [1.165, 1.54) is 15.3 Å². The number of primary amides is 1. The number of aromatic nitrogens is 4. The van der Waals surface area contributed by atoms with Crippen LogP contribution in [0.15, 0.2) is 65.7 Å². The molecule has 0 saturated carbocycles. The van der Waals surface area contributed by atoms with Gasteiger partial charge in [0, 0.05) is 30.9 Å². The zero-order chi connectivity index (χ0) is 25.7. The van der Waals surface area contributed by atoms with Gasteiger partial charge >= 0.3 is 0 Å². The standard InChI is InChI=1S/C23H20ClN7O4S/c24-19-7-6-18(36-19)23(35)27-12-14-13-31(29-28-14)17-5-4-15(30-10-2-1-3-21(30)33)11-16(17)22(34)26-9-8-20(25)32/h1-7,10-11,13H,8-9,12H2,(H2,25,32)(H,26,34)(H,27,35). The molecule has 3 aromatic heterocycles. The Balaban J connectivity index is 1.60. The molecule has 0 aliphatic rings. The van der Waals surface area contributed by atoms with Crippen LogP contribution in [-0.4, -0.2) is 43.8 Å². The number of nitrogens with zero attached hydrogens (tertiary/aromatic N) is 4. The molecule has 0 spiro atoms. The number of nitrogens with two attached hydrogens (primary N) is 1. The fourth-order valence-corrected chi connectivity index (χ4v) is 4.24. The van der Waals surface area contributed by atoms with Crippen molar-refractivity contribution in [3.05, 3.63) is 91.7 Å². The predicted molar refractivity (Wildman–Crippen MR) is 134 cm³/mol. The van der Waals surface area contributed by atoms with Gasteiger partial charge in [-0.05, 0) is 36.4 Å². The van der Waals surface area contributed by atoms with Crippen molar-refractivity contribution in [3.8, 4) is 11.4 Å². The smallest absolute Gasteiger partial charge is 0.261 e. The molecule has 184 valence electrons. The lowest BCUT2D eigenvalue weighted by atomic mass is 10.1. The third-order valence-electron chi connectivity index (χ3n) is 5.00. The molecule has 3 heterocycles. The highest BCUT2D eigenvalue weighted by molar-refractivity contribution is 7.18. The number of hydrogen-bond acceptors (Lipinski definition) is 7. The summed E-state index contributed by atoms with van der Waals surface area (Å²) in [5, 5.41) is 13.5.